The predicted molar refractivity (Wildman–Crippen MR) is 75.0 cm³/mol. The first-order valence-corrected chi connectivity index (χ1v) is 7.02. The molecule has 1 heterocycles. The fourth-order valence-corrected chi connectivity index (χ4v) is 2.69. The van der Waals surface area contributed by atoms with Gasteiger partial charge < -0.3 is 10.2 Å². The minimum Gasteiger partial charge on any atom is -0.341 e. The third-order valence-corrected chi connectivity index (χ3v) is 3.78. The number of anilines is 1. The van der Waals surface area contributed by atoms with Gasteiger partial charge in [-0.05, 0) is 58.2 Å². The summed E-state index contributed by atoms with van der Waals surface area (Å²) >= 11 is 0. The smallest absolute Gasteiger partial charge is 0.225 e. The van der Waals surface area contributed by atoms with Crippen molar-refractivity contribution < 1.29 is 0 Å². The third kappa shape index (κ3) is 2.80. The number of fused-ring (bicyclic) bond motifs is 1. The lowest BCUT2D eigenvalue weighted by atomic mass is 9.87. The van der Waals surface area contributed by atoms with Gasteiger partial charge in [-0.2, -0.15) is 0 Å². The van der Waals surface area contributed by atoms with Crippen molar-refractivity contribution >= 4 is 5.95 Å². The lowest BCUT2D eigenvalue weighted by molar-refractivity contribution is 0.434. The van der Waals surface area contributed by atoms with E-state index < -0.39 is 0 Å². The molecule has 0 bridgehead atoms. The van der Waals surface area contributed by atoms with E-state index in [-0.39, 0.29) is 0 Å². The summed E-state index contributed by atoms with van der Waals surface area (Å²) in [5.74, 6) is 1.64. The molecule has 0 saturated carbocycles. The number of nitrogens with zero attached hydrogens (tertiary/aromatic N) is 3. The zero-order chi connectivity index (χ0) is 13.0. The lowest BCUT2D eigenvalue weighted by Crippen LogP contribution is -2.28. The van der Waals surface area contributed by atoms with Crippen LogP contribution in [0.3, 0.4) is 0 Å². The predicted octanol–water partition coefficient (Wildman–Crippen LogP) is 1.65. The van der Waals surface area contributed by atoms with E-state index in [1.807, 2.05) is 13.2 Å². The van der Waals surface area contributed by atoms with Crippen molar-refractivity contribution in [3.63, 3.8) is 0 Å². The van der Waals surface area contributed by atoms with Crippen molar-refractivity contribution in [2.24, 2.45) is 5.92 Å². The Balaban J connectivity index is 2.14. The van der Waals surface area contributed by atoms with E-state index in [9.17, 15) is 0 Å². The second-order valence-electron chi connectivity index (χ2n) is 4.98. The Morgan fingerprint density at radius 2 is 2.17 bits per heavy atom. The van der Waals surface area contributed by atoms with Gasteiger partial charge in [-0.25, -0.2) is 9.97 Å². The molecule has 1 aromatic rings. The third-order valence-electron chi connectivity index (χ3n) is 3.78. The van der Waals surface area contributed by atoms with Crippen molar-refractivity contribution in [2.75, 3.05) is 31.6 Å². The second-order valence-corrected chi connectivity index (χ2v) is 4.98. The molecule has 2 rings (SSSR count). The molecule has 0 aliphatic heterocycles. The monoisotopic (exact) mass is 248 g/mol. The summed E-state index contributed by atoms with van der Waals surface area (Å²) in [5.41, 5.74) is 2.61. The molecule has 1 atom stereocenters. The van der Waals surface area contributed by atoms with E-state index in [0.717, 1.165) is 44.3 Å². The molecule has 4 heteroatoms. The largest absolute Gasteiger partial charge is 0.341 e. The fraction of sp³-hybridized carbons (Fsp3) is 0.714. The van der Waals surface area contributed by atoms with Gasteiger partial charge in [0.2, 0.25) is 5.95 Å². The van der Waals surface area contributed by atoms with Gasteiger partial charge in [-0.15, -0.1) is 0 Å². The van der Waals surface area contributed by atoms with Crippen LogP contribution in [0.2, 0.25) is 0 Å². The number of hydrogen-bond donors (Lipinski definition) is 1. The number of hydrogen-bond acceptors (Lipinski definition) is 4. The average Bonchev–Trinajstić information content (AvgIpc) is 2.40. The first-order chi connectivity index (χ1) is 8.78. The highest BCUT2D eigenvalue weighted by Crippen LogP contribution is 2.24. The molecule has 1 N–H and O–H groups in total. The van der Waals surface area contributed by atoms with E-state index in [1.165, 1.54) is 17.7 Å². The molecule has 0 saturated heterocycles. The number of aryl methyl sites for hydroxylation is 1. The van der Waals surface area contributed by atoms with Crippen molar-refractivity contribution in [3.8, 4) is 0 Å². The zero-order valence-corrected chi connectivity index (χ0v) is 11.7. The topological polar surface area (TPSA) is 41.1 Å². The van der Waals surface area contributed by atoms with Gasteiger partial charge in [0.25, 0.3) is 0 Å². The van der Waals surface area contributed by atoms with Crippen LogP contribution in [0.1, 0.15) is 31.5 Å². The van der Waals surface area contributed by atoms with Crippen LogP contribution in [-0.2, 0) is 12.8 Å². The van der Waals surface area contributed by atoms with Crippen LogP contribution in [0.4, 0.5) is 5.95 Å². The fourth-order valence-electron chi connectivity index (χ4n) is 2.69. The minimum absolute atomic E-state index is 0.741. The molecule has 100 valence electrons. The van der Waals surface area contributed by atoms with Crippen LogP contribution < -0.4 is 10.2 Å². The number of nitrogens with one attached hydrogen (secondary N) is 1. The first-order valence-electron chi connectivity index (χ1n) is 7.02. The number of aromatic nitrogens is 2. The average molecular weight is 248 g/mol. The Labute approximate surface area is 110 Å². The standard InChI is InChI=1S/C14H24N4/c1-4-18(5-2)14-16-10-12-8-11(9-15-3)6-7-13(12)17-14/h10-11,15H,4-9H2,1-3H3. The van der Waals surface area contributed by atoms with Crippen LogP contribution in [0.25, 0.3) is 0 Å². The van der Waals surface area contributed by atoms with E-state index in [0.29, 0.717) is 0 Å². The Morgan fingerprint density at radius 3 is 2.83 bits per heavy atom. The Hall–Kier alpha value is -1.16. The Kier molecular flexibility index (Phi) is 4.53. The lowest BCUT2D eigenvalue weighted by Gasteiger charge is -2.25. The molecule has 0 radical (unpaired) electrons. The van der Waals surface area contributed by atoms with Gasteiger partial charge in [0.05, 0.1) is 0 Å². The Morgan fingerprint density at radius 1 is 1.39 bits per heavy atom. The number of rotatable bonds is 5. The molecule has 18 heavy (non-hydrogen) atoms. The van der Waals surface area contributed by atoms with Crippen LogP contribution in [0, 0.1) is 5.92 Å². The maximum atomic E-state index is 4.74. The molecule has 1 aliphatic rings. The summed E-state index contributed by atoms with van der Waals surface area (Å²) in [6.07, 6.45) is 5.49. The van der Waals surface area contributed by atoms with Crippen LogP contribution in [0.15, 0.2) is 6.20 Å². The second kappa shape index (κ2) is 6.14. The van der Waals surface area contributed by atoms with Crippen molar-refractivity contribution in [3.05, 3.63) is 17.5 Å². The molecule has 0 aromatic carbocycles. The first kappa shape index (κ1) is 13.3. The highest BCUT2D eigenvalue weighted by atomic mass is 15.2. The molecule has 0 fully saturated rings. The van der Waals surface area contributed by atoms with Crippen molar-refractivity contribution in [1.29, 1.82) is 0 Å². The SMILES string of the molecule is CCN(CC)c1ncc2c(n1)CCC(CNC)C2. The van der Waals surface area contributed by atoms with Gasteiger partial charge in [-0.3, -0.25) is 0 Å². The molecule has 0 spiro atoms. The van der Waals surface area contributed by atoms with Gasteiger partial charge in [0.1, 0.15) is 0 Å². The molecule has 4 nitrogen and oxygen atoms in total. The summed E-state index contributed by atoms with van der Waals surface area (Å²) < 4.78 is 0. The van der Waals surface area contributed by atoms with E-state index in [4.69, 9.17) is 4.98 Å². The molecule has 0 amide bonds. The quantitative estimate of drug-likeness (QED) is 0.860. The normalized spacial score (nSPS) is 18.5. The summed E-state index contributed by atoms with van der Waals surface area (Å²) in [5, 5.41) is 3.27. The molecule has 1 aromatic heterocycles. The van der Waals surface area contributed by atoms with Gasteiger partial charge in [0, 0.05) is 25.0 Å². The van der Waals surface area contributed by atoms with Crippen LogP contribution in [-0.4, -0.2) is 36.6 Å². The summed E-state index contributed by atoms with van der Waals surface area (Å²) in [7, 11) is 2.02. The summed E-state index contributed by atoms with van der Waals surface area (Å²) in [6, 6.07) is 0. The molecular weight excluding hydrogens is 224 g/mol. The molecule has 1 aliphatic carbocycles. The zero-order valence-electron chi connectivity index (χ0n) is 11.7. The van der Waals surface area contributed by atoms with Crippen LogP contribution >= 0.6 is 0 Å². The minimum atomic E-state index is 0.741. The summed E-state index contributed by atoms with van der Waals surface area (Å²) in [6.45, 7) is 7.33. The maximum absolute atomic E-state index is 4.74. The van der Waals surface area contributed by atoms with E-state index in [2.05, 4.69) is 29.0 Å². The van der Waals surface area contributed by atoms with Crippen LogP contribution in [0.5, 0.6) is 0 Å². The van der Waals surface area contributed by atoms with Gasteiger partial charge in [0.15, 0.2) is 0 Å². The van der Waals surface area contributed by atoms with E-state index in [1.54, 1.807) is 0 Å². The van der Waals surface area contributed by atoms with E-state index >= 15 is 0 Å². The highest BCUT2D eigenvalue weighted by molar-refractivity contribution is 5.34. The van der Waals surface area contributed by atoms with Gasteiger partial charge >= 0.3 is 0 Å². The molecule has 1 unspecified atom stereocenters. The molecular formula is C14H24N4. The van der Waals surface area contributed by atoms with Crippen molar-refractivity contribution in [2.45, 2.75) is 33.1 Å². The highest BCUT2D eigenvalue weighted by Gasteiger charge is 2.20. The van der Waals surface area contributed by atoms with Gasteiger partial charge in [-0.1, -0.05) is 0 Å². The Bertz CT molecular complexity index is 387. The van der Waals surface area contributed by atoms with Crippen molar-refractivity contribution in [1.82, 2.24) is 15.3 Å². The maximum Gasteiger partial charge on any atom is 0.225 e. The summed E-state index contributed by atoms with van der Waals surface area (Å²) in [4.78, 5) is 11.5.